The maximum Gasteiger partial charge on any atom is 0.243 e. The predicted molar refractivity (Wildman–Crippen MR) is 85.4 cm³/mol. The van der Waals surface area contributed by atoms with Crippen LogP contribution < -0.4 is 0 Å². The monoisotopic (exact) mass is 329 g/mol. The highest BCUT2D eigenvalue weighted by atomic mass is 19.1. The number of hydrogen-bond donors (Lipinski definition) is 0. The van der Waals surface area contributed by atoms with E-state index in [0.29, 0.717) is 23.8 Å². The van der Waals surface area contributed by atoms with Gasteiger partial charge in [0.05, 0.1) is 17.7 Å². The van der Waals surface area contributed by atoms with Gasteiger partial charge in [0.15, 0.2) is 5.82 Å². The molecule has 0 bridgehead atoms. The first kappa shape index (κ1) is 16.6. The van der Waals surface area contributed by atoms with Gasteiger partial charge in [-0.1, -0.05) is 11.2 Å². The summed E-state index contributed by atoms with van der Waals surface area (Å²) < 4.78 is 18.5. The van der Waals surface area contributed by atoms with E-state index < -0.39 is 0 Å². The molecule has 2 heterocycles. The van der Waals surface area contributed by atoms with Crippen LogP contribution in [0, 0.1) is 24.1 Å². The van der Waals surface area contributed by atoms with Crippen LogP contribution in [0.15, 0.2) is 22.7 Å². The first-order valence-corrected chi connectivity index (χ1v) is 8.02. The van der Waals surface area contributed by atoms with Crippen LogP contribution in [0.5, 0.6) is 0 Å². The molecule has 0 N–H and O–H groups in total. The van der Waals surface area contributed by atoms with E-state index in [1.807, 2.05) is 6.92 Å². The second kappa shape index (κ2) is 7.07. The van der Waals surface area contributed by atoms with E-state index in [2.05, 4.69) is 32.9 Å². The van der Waals surface area contributed by atoms with E-state index in [9.17, 15) is 4.39 Å². The maximum atomic E-state index is 13.2. The molecule has 24 heavy (non-hydrogen) atoms. The van der Waals surface area contributed by atoms with Crippen molar-refractivity contribution in [3.8, 4) is 6.07 Å². The first-order chi connectivity index (χ1) is 11.6. The lowest BCUT2D eigenvalue weighted by Crippen LogP contribution is -2.46. The minimum absolute atomic E-state index is 0.0915. The number of piperazine rings is 1. The fourth-order valence-electron chi connectivity index (χ4n) is 2.98. The molecule has 1 fully saturated rings. The number of aromatic nitrogens is 2. The number of aryl methyl sites for hydroxylation is 1. The molecule has 1 saturated heterocycles. The molecule has 1 aromatic carbocycles. The normalized spacial score (nSPS) is 17.6. The van der Waals surface area contributed by atoms with Gasteiger partial charge in [0.25, 0.3) is 0 Å². The Bertz CT molecular complexity index is 746. The zero-order chi connectivity index (χ0) is 17.1. The Morgan fingerprint density at radius 1 is 1.33 bits per heavy atom. The average Bonchev–Trinajstić information content (AvgIpc) is 3.03. The molecular formula is C17H20FN5O. The van der Waals surface area contributed by atoms with E-state index in [0.717, 1.165) is 31.7 Å². The quantitative estimate of drug-likeness (QED) is 0.857. The van der Waals surface area contributed by atoms with Gasteiger partial charge in [-0.25, -0.2) is 4.39 Å². The standard InChI is InChI=1S/C17H20FN5O/c1-12(17-20-13(2)21-24-17)23-7-5-22(6-8-23)11-14-3-4-16(18)9-15(14)10-19/h3-4,9,12H,5-8,11H2,1-2H3/t12-/m0/s1. The number of nitrogens with zero attached hydrogens (tertiary/aromatic N) is 5. The van der Waals surface area contributed by atoms with Gasteiger partial charge >= 0.3 is 0 Å². The maximum absolute atomic E-state index is 13.2. The lowest BCUT2D eigenvalue weighted by Gasteiger charge is -2.36. The average molecular weight is 329 g/mol. The number of rotatable bonds is 4. The summed E-state index contributed by atoms with van der Waals surface area (Å²) in [5.41, 5.74) is 1.28. The SMILES string of the molecule is Cc1noc([C@H](C)N2CCN(Cc3ccc(F)cc3C#N)CC2)n1. The van der Waals surface area contributed by atoms with Gasteiger partial charge in [0.1, 0.15) is 5.82 Å². The Morgan fingerprint density at radius 3 is 2.71 bits per heavy atom. The van der Waals surface area contributed by atoms with Crippen molar-refractivity contribution >= 4 is 0 Å². The van der Waals surface area contributed by atoms with Crippen molar-refractivity contribution in [2.24, 2.45) is 0 Å². The first-order valence-electron chi connectivity index (χ1n) is 8.02. The molecule has 0 aliphatic carbocycles. The van der Waals surface area contributed by atoms with Crippen LogP contribution in [-0.2, 0) is 6.54 Å². The Balaban J connectivity index is 1.58. The van der Waals surface area contributed by atoms with Gasteiger partial charge < -0.3 is 4.52 Å². The third-order valence-corrected chi connectivity index (χ3v) is 4.44. The molecule has 0 unspecified atom stereocenters. The Hall–Kier alpha value is -2.30. The van der Waals surface area contributed by atoms with E-state index in [4.69, 9.17) is 9.78 Å². The third-order valence-electron chi connectivity index (χ3n) is 4.44. The molecule has 1 atom stereocenters. The van der Waals surface area contributed by atoms with Gasteiger partial charge in [0.2, 0.25) is 5.89 Å². The van der Waals surface area contributed by atoms with Crippen molar-refractivity contribution in [2.75, 3.05) is 26.2 Å². The molecule has 7 heteroatoms. The van der Waals surface area contributed by atoms with Crippen molar-refractivity contribution in [3.05, 3.63) is 46.9 Å². The number of halogens is 1. The predicted octanol–water partition coefficient (Wildman–Crippen LogP) is 2.27. The summed E-state index contributed by atoms with van der Waals surface area (Å²) in [6.07, 6.45) is 0. The molecule has 2 aromatic rings. The van der Waals surface area contributed by atoms with Crippen LogP contribution >= 0.6 is 0 Å². The summed E-state index contributed by atoms with van der Waals surface area (Å²) in [4.78, 5) is 8.88. The van der Waals surface area contributed by atoms with E-state index in [-0.39, 0.29) is 11.9 Å². The summed E-state index contributed by atoms with van der Waals surface area (Å²) in [7, 11) is 0. The Kier molecular flexibility index (Phi) is 4.88. The summed E-state index contributed by atoms with van der Waals surface area (Å²) in [5, 5.41) is 13.0. The van der Waals surface area contributed by atoms with Crippen molar-refractivity contribution in [2.45, 2.75) is 26.4 Å². The van der Waals surface area contributed by atoms with Crippen LogP contribution in [0.4, 0.5) is 4.39 Å². The smallest absolute Gasteiger partial charge is 0.243 e. The van der Waals surface area contributed by atoms with Crippen LogP contribution in [0.25, 0.3) is 0 Å². The fraction of sp³-hybridized carbons (Fsp3) is 0.471. The van der Waals surface area contributed by atoms with E-state index >= 15 is 0 Å². The lowest BCUT2D eigenvalue weighted by atomic mass is 10.1. The van der Waals surface area contributed by atoms with Crippen molar-refractivity contribution in [1.29, 1.82) is 5.26 Å². The second-order valence-corrected chi connectivity index (χ2v) is 6.08. The molecule has 0 saturated carbocycles. The molecule has 1 aromatic heterocycles. The van der Waals surface area contributed by atoms with Gasteiger partial charge in [-0.05, 0) is 31.5 Å². The molecule has 0 radical (unpaired) electrons. The topological polar surface area (TPSA) is 69.2 Å². The van der Waals surface area contributed by atoms with E-state index in [1.54, 1.807) is 6.07 Å². The minimum atomic E-state index is -0.371. The van der Waals surface area contributed by atoms with Gasteiger partial charge in [-0.2, -0.15) is 10.2 Å². The Morgan fingerprint density at radius 2 is 2.08 bits per heavy atom. The molecule has 3 rings (SSSR count). The molecule has 6 nitrogen and oxygen atoms in total. The highest BCUT2D eigenvalue weighted by Gasteiger charge is 2.25. The highest BCUT2D eigenvalue weighted by Crippen LogP contribution is 2.21. The molecule has 126 valence electrons. The fourth-order valence-corrected chi connectivity index (χ4v) is 2.98. The van der Waals surface area contributed by atoms with Crippen LogP contribution in [0.1, 0.15) is 35.8 Å². The van der Waals surface area contributed by atoms with Crippen LogP contribution in [0.2, 0.25) is 0 Å². The number of benzene rings is 1. The molecular weight excluding hydrogens is 309 g/mol. The summed E-state index contributed by atoms with van der Waals surface area (Å²) in [6, 6.07) is 6.57. The van der Waals surface area contributed by atoms with Crippen molar-refractivity contribution in [1.82, 2.24) is 19.9 Å². The minimum Gasteiger partial charge on any atom is -0.338 e. The van der Waals surface area contributed by atoms with Gasteiger partial charge in [0, 0.05) is 32.7 Å². The van der Waals surface area contributed by atoms with Crippen LogP contribution in [-0.4, -0.2) is 46.1 Å². The molecule has 0 spiro atoms. The van der Waals surface area contributed by atoms with Crippen molar-refractivity contribution < 1.29 is 8.91 Å². The zero-order valence-corrected chi connectivity index (χ0v) is 13.9. The molecule has 0 amide bonds. The summed E-state index contributed by atoms with van der Waals surface area (Å²) in [6.45, 7) is 8.05. The summed E-state index contributed by atoms with van der Waals surface area (Å²) in [5.74, 6) is 0.922. The number of nitriles is 1. The van der Waals surface area contributed by atoms with Crippen molar-refractivity contribution in [3.63, 3.8) is 0 Å². The lowest BCUT2D eigenvalue weighted by molar-refractivity contribution is 0.0845. The highest BCUT2D eigenvalue weighted by molar-refractivity contribution is 5.37. The van der Waals surface area contributed by atoms with Gasteiger partial charge in [-0.3, -0.25) is 9.80 Å². The van der Waals surface area contributed by atoms with Crippen LogP contribution in [0.3, 0.4) is 0 Å². The third kappa shape index (κ3) is 3.61. The number of hydrogen-bond acceptors (Lipinski definition) is 6. The van der Waals surface area contributed by atoms with E-state index in [1.165, 1.54) is 12.1 Å². The molecule has 1 aliphatic rings. The second-order valence-electron chi connectivity index (χ2n) is 6.08. The molecule has 1 aliphatic heterocycles. The zero-order valence-electron chi connectivity index (χ0n) is 13.9. The summed E-state index contributed by atoms with van der Waals surface area (Å²) >= 11 is 0. The van der Waals surface area contributed by atoms with Gasteiger partial charge in [-0.15, -0.1) is 0 Å². The Labute approximate surface area is 140 Å². The largest absolute Gasteiger partial charge is 0.338 e.